The number of hydrogen-bond acceptors (Lipinski definition) is 2. The summed E-state index contributed by atoms with van der Waals surface area (Å²) in [6.07, 6.45) is 1.20. The second kappa shape index (κ2) is 3.01. The van der Waals surface area contributed by atoms with Crippen molar-refractivity contribution in [1.29, 1.82) is 0 Å². The van der Waals surface area contributed by atoms with Gasteiger partial charge in [0.2, 0.25) is 0 Å². The highest BCUT2D eigenvalue weighted by atomic mass is 16.5. The number of hydrogen-bond donors (Lipinski definition) is 1. The third-order valence-electron chi connectivity index (χ3n) is 2.77. The van der Waals surface area contributed by atoms with E-state index in [1.54, 1.807) is 0 Å². The fraction of sp³-hybridized carbons (Fsp3) is 0.364. The summed E-state index contributed by atoms with van der Waals surface area (Å²) >= 11 is 0. The van der Waals surface area contributed by atoms with Gasteiger partial charge in [-0.05, 0) is 18.1 Å². The van der Waals surface area contributed by atoms with Crippen LogP contribution >= 0.6 is 0 Å². The van der Waals surface area contributed by atoms with Gasteiger partial charge in [-0.3, -0.25) is 4.79 Å². The van der Waals surface area contributed by atoms with E-state index in [4.69, 9.17) is 10.5 Å². The Kier molecular flexibility index (Phi) is 1.95. The maximum Gasteiger partial charge on any atom is 0.261 e. The molecule has 1 aliphatic rings. The zero-order valence-corrected chi connectivity index (χ0v) is 8.12. The second-order valence-electron chi connectivity index (χ2n) is 3.60. The van der Waals surface area contributed by atoms with E-state index in [0.717, 1.165) is 11.3 Å². The van der Waals surface area contributed by atoms with Gasteiger partial charge in [0.1, 0.15) is 5.75 Å². The molecule has 0 saturated heterocycles. The molecule has 1 heterocycles. The minimum atomic E-state index is -0.816. The first kappa shape index (κ1) is 9.06. The molecular weight excluding hydrogens is 178 g/mol. The van der Waals surface area contributed by atoms with Gasteiger partial charge in [-0.15, -0.1) is 0 Å². The van der Waals surface area contributed by atoms with Gasteiger partial charge in [0, 0.05) is 6.42 Å². The van der Waals surface area contributed by atoms with Crippen LogP contribution in [0.1, 0.15) is 18.9 Å². The van der Waals surface area contributed by atoms with Gasteiger partial charge in [-0.1, -0.05) is 25.1 Å². The van der Waals surface area contributed by atoms with Crippen LogP contribution < -0.4 is 10.5 Å². The molecule has 2 rings (SSSR count). The van der Waals surface area contributed by atoms with Crippen LogP contribution in [0.4, 0.5) is 0 Å². The molecular formula is C11H13NO2. The topological polar surface area (TPSA) is 52.3 Å². The van der Waals surface area contributed by atoms with Crippen molar-refractivity contribution in [2.24, 2.45) is 5.73 Å². The molecule has 1 amide bonds. The van der Waals surface area contributed by atoms with Crippen molar-refractivity contribution in [2.45, 2.75) is 25.4 Å². The summed E-state index contributed by atoms with van der Waals surface area (Å²) in [4.78, 5) is 11.3. The van der Waals surface area contributed by atoms with E-state index in [-0.39, 0.29) is 5.91 Å². The number of rotatable bonds is 2. The Morgan fingerprint density at radius 3 is 2.86 bits per heavy atom. The summed E-state index contributed by atoms with van der Waals surface area (Å²) in [5.41, 5.74) is 5.61. The van der Waals surface area contributed by atoms with Gasteiger partial charge in [0.15, 0.2) is 5.60 Å². The fourth-order valence-electron chi connectivity index (χ4n) is 1.81. The van der Waals surface area contributed by atoms with Crippen LogP contribution in [0.5, 0.6) is 5.75 Å². The lowest BCUT2D eigenvalue weighted by molar-refractivity contribution is -0.132. The van der Waals surface area contributed by atoms with Crippen LogP contribution in [-0.4, -0.2) is 11.5 Å². The molecule has 0 spiro atoms. The van der Waals surface area contributed by atoms with Crippen LogP contribution in [0, 0.1) is 0 Å². The zero-order valence-electron chi connectivity index (χ0n) is 8.12. The first-order valence-corrected chi connectivity index (χ1v) is 4.75. The SMILES string of the molecule is CC[C@@]1(C(N)=O)Cc2ccccc2O1. The molecule has 0 unspecified atom stereocenters. The molecule has 0 aromatic heterocycles. The summed E-state index contributed by atoms with van der Waals surface area (Å²) in [6, 6.07) is 7.67. The number of nitrogens with two attached hydrogens (primary N) is 1. The Morgan fingerprint density at radius 2 is 2.29 bits per heavy atom. The highest BCUT2D eigenvalue weighted by molar-refractivity contribution is 5.85. The molecule has 0 saturated carbocycles. The third kappa shape index (κ3) is 1.16. The minimum Gasteiger partial charge on any atom is -0.477 e. The molecule has 1 aromatic carbocycles. The van der Waals surface area contributed by atoms with Crippen LogP contribution in [-0.2, 0) is 11.2 Å². The average molecular weight is 191 g/mol. The molecule has 0 radical (unpaired) electrons. The van der Waals surface area contributed by atoms with E-state index in [2.05, 4.69) is 0 Å². The smallest absolute Gasteiger partial charge is 0.261 e. The van der Waals surface area contributed by atoms with Gasteiger partial charge < -0.3 is 10.5 Å². The van der Waals surface area contributed by atoms with Crippen molar-refractivity contribution >= 4 is 5.91 Å². The minimum absolute atomic E-state index is 0.379. The van der Waals surface area contributed by atoms with Crippen LogP contribution in [0.25, 0.3) is 0 Å². The molecule has 1 aromatic rings. The molecule has 1 aliphatic heterocycles. The first-order chi connectivity index (χ1) is 6.68. The van der Waals surface area contributed by atoms with Gasteiger partial charge in [-0.2, -0.15) is 0 Å². The Labute approximate surface area is 82.9 Å². The van der Waals surface area contributed by atoms with E-state index < -0.39 is 5.60 Å². The molecule has 2 N–H and O–H groups in total. The Balaban J connectivity index is 2.37. The van der Waals surface area contributed by atoms with Crippen molar-refractivity contribution in [3.05, 3.63) is 29.8 Å². The van der Waals surface area contributed by atoms with E-state index in [1.807, 2.05) is 31.2 Å². The highest BCUT2D eigenvalue weighted by Gasteiger charge is 2.42. The lowest BCUT2D eigenvalue weighted by Crippen LogP contribution is -2.47. The summed E-state index contributed by atoms with van der Waals surface area (Å²) in [7, 11) is 0. The van der Waals surface area contributed by atoms with Crippen molar-refractivity contribution in [3.8, 4) is 5.75 Å². The largest absolute Gasteiger partial charge is 0.477 e. The van der Waals surface area contributed by atoms with Gasteiger partial charge in [-0.25, -0.2) is 0 Å². The Bertz CT molecular complexity index is 348. The monoisotopic (exact) mass is 191 g/mol. The Morgan fingerprint density at radius 1 is 1.57 bits per heavy atom. The van der Waals surface area contributed by atoms with Crippen molar-refractivity contribution in [3.63, 3.8) is 0 Å². The number of benzene rings is 1. The summed E-state index contributed by atoms with van der Waals surface area (Å²) < 4.78 is 5.63. The number of carbonyl (C=O) groups excluding carboxylic acids is 1. The van der Waals surface area contributed by atoms with E-state index in [1.165, 1.54) is 0 Å². The third-order valence-corrected chi connectivity index (χ3v) is 2.77. The van der Waals surface area contributed by atoms with Crippen molar-refractivity contribution in [1.82, 2.24) is 0 Å². The lowest BCUT2D eigenvalue weighted by atomic mass is 9.94. The molecule has 0 fully saturated rings. The molecule has 3 nitrogen and oxygen atoms in total. The standard InChI is InChI=1S/C11H13NO2/c1-2-11(10(12)13)7-8-5-3-4-6-9(8)14-11/h3-6H,2,7H2,1H3,(H2,12,13)/t11-/m0/s1. The summed E-state index contributed by atoms with van der Waals surface area (Å²) in [5.74, 6) is 0.407. The summed E-state index contributed by atoms with van der Waals surface area (Å²) in [6.45, 7) is 1.91. The predicted octanol–water partition coefficient (Wildman–Crippen LogP) is 1.26. The van der Waals surface area contributed by atoms with Crippen LogP contribution in [0.15, 0.2) is 24.3 Å². The molecule has 1 atom stereocenters. The second-order valence-corrected chi connectivity index (χ2v) is 3.60. The number of carbonyl (C=O) groups is 1. The highest BCUT2D eigenvalue weighted by Crippen LogP contribution is 2.36. The fourth-order valence-corrected chi connectivity index (χ4v) is 1.81. The number of ether oxygens (including phenoxy) is 1. The normalized spacial score (nSPS) is 24.1. The summed E-state index contributed by atoms with van der Waals surface area (Å²) in [5, 5.41) is 0. The van der Waals surface area contributed by atoms with Gasteiger partial charge in [0.05, 0.1) is 0 Å². The van der Waals surface area contributed by atoms with Crippen molar-refractivity contribution < 1.29 is 9.53 Å². The maximum absolute atomic E-state index is 11.3. The van der Waals surface area contributed by atoms with Crippen LogP contribution in [0.3, 0.4) is 0 Å². The number of para-hydroxylation sites is 1. The number of primary amides is 1. The number of amides is 1. The van der Waals surface area contributed by atoms with Crippen molar-refractivity contribution in [2.75, 3.05) is 0 Å². The van der Waals surface area contributed by atoms with Gasteiger partial charge in [0.25, 0.3) is 5.91 Å². The predicted molar refractivity (Wildman–Crippen MR) is 53.0 cm³/mol. The number of fused-ring (bicyclic) bond motifs is 1. The molecule has 0 aliphatic carbocycles. The van der Waals surface area contributed by atoms with E-state index in [0.29, 0.717) is 12.8 Å². The lowest BCUT2D eigenvalue weighted by Gasteiger charge is -2.23. The van der Waals surface area contributed by atoms with E-state index >= 15 is 0 Å². The molecule has 0 bridgehead atoms. The van der Waals surface area contributed by atoms with E-state index in [9.17, 15) is 4.79 Å². The molecule has 3 heteroatoms. The Hall–Kier alpha value is -1.51. The molecule has 74 valence electrons. The quantitative estimate of drug-likeness (QED) is 0.765. The maximum atomic E-state index is 11.3. The van der Waals surface area contributed by atoms with Gasteiger partial charge >= 0.3 is 0 Å². The first-order valence-electron chi connectivity index (χ1n) is 4.75. The molecule has 14 heavy (non-hydrogen) atoms. The average Bonchev–Trinajstić information content (AvgIpc) is 2.57. The van der Waals surface area contributed by atoms with Crippen LogP contribution in [0.2, 0.25) is 0 Å². The zero-order chi connectivity index (χ0) is 10.2.